The maximum Gasteiger partial charge on any atom is 0.0717 e. The number of rotatable bonds is 12. The molecule has 1 heterocycles. The number of aliphatic hydroxyl groups excluding tert-OH is 2. The van der Waals surface area contributed by atoms with E-state index in [2.05, 4.69) is 68.3 Å². The van der Waals surface area contributed by atoms with Crippen LogP contribution in [0.25, 0.3) is 0 Å². The molecule has 0 unspecified atom stereocenters. The quantitative estimate of drug-likeness (QED) is 0.172. The van der Waals surface area contributed by atoms with Gasteiger partial charge in [0.25, 0.3) is 0 Å². The van der Waals surface area contributed by atoms with Crippen LogP contribution in [0.1, 0.15) is 22.3 Å². The molecule has 0 radical (unpaired) electrons. The first-order valence-electron chi connectivity index (χ1n) is 13.5. The van der Waals surface area contributed by atoms with Gasteiger partial charge in [-0.3, -0.25) is 0 Å². The highest BCUT2D eigenvalue weighted by molar-refractivity contribution is 9.10. The first kappa shape index (κ1) is 31.6. The average molecular weight is 684 g/mol. The van der Waals surface area contributed by atoms with Crippen LogP contribution in [0.2, 0.25) is 0 Å². The van der Waals surface area contributed by atoms with Crippen LogP contribution in [0.3, 0.4) is 0 Å². The van der Waals surface area contributed by atoms with Crippen molar-refractivity contribution in [2.24, 2.45) is 0 Å². The van der Waals surface area contributed by atoms with E-state index < -0.39 is 5.41 Å². The molecule has 0 spiro atoms. The van der Waals surface area contributed by atoms with E-state index in [1.54, 1.807) is 0 Å². The second-order valence-electron chi connectivity index (χ2n) is 10.3. The molecule has 0 aliphatic carbocycles. The molecule has 0 atom stereocenters. The summed E-state index contributed by atoms with van der Waals surface area (Å²) in [5.41, 5.74) is 3.67. The van der Waals surface area contributed by atoms with Crippen molar-refractivity contribution in [3.8, 4) is 0 Å². The van der Waals surface area contributed by atoms with Crippen molar-refractivity contribution in [3.05, 3.63) is 140 Å². The van der Waals surface area contributed by atoms with Crippen molar-refractivity contribution in [1.82, 2.24) is 0 Å². The summed E-state index contributed by atoms with van der Waals surface area (Å²) in [5, 5.41) is 19.5. The minimum absolute atomic E-state index is 0.0233. The summed E-state index contributed by atoms with van der Waals surface area (Å²) < 4.78 is 19.1. The average Bonchev–Trinajstić information content (AvgIpc) is 2.99. The lowest BCUT2D eigenvalue weighted by molar-refractivity contribution is -0.101. The third kappa shape index (κ3) is 8.82. The number of halogens is 2. The van der Waals surface area contributed by atoms with Gasteiger partial charge in [0.15, 0.2) is 0 Å². The van der Waals surface area contributed by atoms with Crippen molar-refractivity contribution in [1.29, 1.82) is 0 Å². The van der Waals surface area contributed by atoms with E-state index >= 15 is 0 Å². The van der Waals surface area contributed by atoms with Gasteiger partial charge >= 0.3 is 0 Å². The second kappa shape index (κ2) is 15.8. The molecule has 0 amide bonds. The smallest absolute Gasteiger partial charge is 0.0717 e. The third-order valence-electron chi connectivity index (χ3n) is 7.26. The van der Waals surface area contributed by atoms with Crippen LogP contribution in [0.5, 0.6) is 0 Å². The zero-order valence-corrected chi connectivity index (χ0v) is 26.1. The molecule has 4 aromatic carbocycles. The van der Waals surface area contributed by atoms with Gasteiger partial charge in [-0.1, -0.05) is 117 Å². The lowest BCUT2D eigenvalue weighted by Crippen LogP contribution is -2.50. The van der Waals surface area contributed by atoms with Crippen LogP contribution in [-0.2, 0) is 38.3 Å². The summed E-state index contributed by atoms with van der Waals surface area (Å²) in [6.07, 6.45) is 0. The van der Waals surface area contributed by atoms with Crippen molar-refractivity contribution in [2.75, 3.05) is 39.6 Å². The molecule has 0 saturated carbocycles. The summed E-state index contributed by atoms with van der Waals surface area (Å²) in [6.45, 7) is 3.21. The molecular formula is C34H36Br2O5. The van der Waals surface area contributed by atoms with Gasteiger partial charge in [-0.15, -0.1) is 0 Å². The van der Waals surface area contributed by atoms with Gasteiger partial charge in [0, 0.05) is 8.95 Å². The highest BCUT2D eigenvalue weighted by Crippen LogP contribution is 2.33. The van der Waals surface area contributed by atoms with Crippen LogP contribution < -0.4 is 0 Å². The lowest BCUT2D eigenvalue weighted by Gasteiger charge is -2.41. The highest BCUT2D eigenvalue weighted by Gasteiger charge is 2.40. The fourth-order valence-electron chi connectivity index (χ4n) is 4.57. The van der Waals surface area contributed by atoms with Gasteiger partial charge in [0.05, 0.1) is 63.7 Å². The Balaban J connectivity index is 0.000000189. The first-order valence-corrected chi connectivity index (χ1v) is 15.1. The molecule has 5 rings (SSSR count). The fourth-order valence-corrected chi connectivity index (χ4v) is 5.10. The predicted molar refractivity (Wildman–Crippen MR) is 169 cm³/mol. The molecule has 0 bridgehead atoms. The van der Waals surface area contributed by atoms with Gasteiger partial charge in [-0.2, -0.15) is 0 Å². The zero-order valence-electron chi connectivity index (χ0n) is 22.9. The van der Waals surface area contributed by atoms with E-state index in [4.69, 9.17) is 14.2 Å². The van der Waals surface area contributed by atoms with E-state index in [9.17, 15) is 10.2 Å². The largest absolute Gasteiger partial charge is 0.395 e. The molecule has 2 N–H and O–H groups in total. The second-order valence-corrected chi connectivity index (χ2v) is 12.2. The number of hydrogen-bond acceptors (Lipinski definition) is 5. The van der Waals surface area contributed by atoms with E-state index in [-0.39, 0.29) is 25.2 Å². The SMILES string of the molecule is Brc1ccc(C2(COCc3ccccc3)COC2)cc1.OCC(CO)(COCc1ccccc1)c1ccc(Br)cc1. The predicted octanol–water partition coefficient (Wildman–Crippen LogP) is 6.82. The third-order valence-corrected chi connectivity index (χ3v) is 8.31. The Hall–Kier alpha value is -2.36. The Morgan fingerprint density at radius 1 is 0.659 bits per heavy atom. The summed E-state index contributed by atoms with van der Waals surface area (Å²) in [7, 11) is 0. The van der Waals surface area contributed by atoms with Crippen molar-refractivity contribution >= 4 is 31.9 Å². The van der Waals surface area contributed by atoms with Gasteiger partial charge in [-0.25, -0.2) is 0 Å². The zero-order chi connectivity index (χ0) is 29.0. The van der Waals surface area contributed by atoms with E-state index in [0.29, 0.717) is 19.8 Å². The fraction of sp³-hybridized carbons (Fsp3) is 0.294. The van der Waals surface area contributed by atoms with Crippen LogP contribution in [-0.4, -0.2) is 49.9 Å². The monoisotopic (exact) mass is 682 g/mol. The molecule has 5 nitrogen and oxygen atoms in total. The molecule has 41 heavy (non-hydrogen) atoms. The van der Waals surface area contributed by atoms with Gasteiger partial charge < -0.3 is 24.4 Å². The molecular weight excluding hydrogens is 648 g/mol. The summed E-state index contributed by atoms with van der Waals surface area (Å²) >= 11 is 6.86. The molecule has 1 saturated heterocycles. The van der Waals surface area contributed by atoms with E-state index in [1.807, 2.05) is 72.8 Å². The van der Waals surface area contributed by atoms with Crippen LogP contribution in [0.4, 0.5) is 0 Å². The number of benzene rings is 4. The summed E-state index contributed by atoms with van der Waals surface area (Å²) in [4.78, 5) is 0. The normalized spacial score (nSPS) is 14.0. The Morgan fingerprint density at radius 2 is 1.15 bits per heavy atom. The molecule has 7 heteroatoms. The minimum Gasteiger partial charge on any atom is -0.395 e. The van der Waals surface area contributed by atoms with Gasteiger partial charge in [0.2, 0.25) is 0 Å². The molecule has 1 aliphatic heterocycles. The standard InChI is InChI=1S/C17H19BrO3.C17H17BrO2/c18-16-8-6-15(7-9-16)17(11-19,12-20)13-21-10-14-4-2-1-3-5-14;18-16-8-6-15(7-9-16)17(12-20-13-17)11-19-10-14-4-2-1-3-5-14/h1-9,19-20H,10-13H2;1-9H,10-13H2. The molecule has 1 fully saturated rings. The van der Waals surface area contributed by atoms with E-state index in [0.717, 1.165) is 33.3 Å². The minimum atomic E-state index is -0.782. The molecule has 4 aromatic rings. The summed E-state index contributed by atoms with van der Waals surface area (Å²) in [6, 6.07) is 36.1. The number of aliphatic hydroxyl groups is 2. The van der Waals surface area contributed by atoms with Crippen LogP contribution in [0, 0.1) is 0 Å². The van der Waals surface area contributed by atoms with Gasteiger partial charge in [-0.05, 0) is 46.5 Å². The van der Waals surface area contributed by atoms with Crippen LogP contribution >= 0.6 is 31.9 Å². The Kier molecular flexibility index (Phi) is 12.1. The molecule has 1 aliphatic rings. The Labute approximate surface area is 259 Å². The van der Waals surface area contributed by atoms with Crippen molar-refractivity contribution in [3.63, 3.8) is 0 Å². The highest BCUT2D eigenvalue weighted by atomic mass is 79.9. The van der Waals surface area contributed by atoms with Crippen LogP contribution in [0.15, 0.2) is 118 Å². The Bertz CT molecular complexity index is 1290. The number of hydrogen-bond donors (Lipinski definition) is 2. The maximum atomic E-state index is 9.74. The maximum absolute atomic E-state index is 9.74. The van der Waals surface area contributed by atoms with Crippen molar-refractivity contribution < 1.29 is 24.4 Å². The molecule has 0 aromatic heterocycles. The topological polar surface area (TPSA) is 68.2 Å². The van der Waals surface area contributed by atoms with Crippen molar-refractivity contribution in [2.45, 2.75) is 24.0 Å². The number of ether oxygens (including phenoxy) is 3. The van der Waals surface area contributed by atoms with Gasteiger partial charge in [0.1, 0.15) is 0 Å². The lowest BCUT2D eigenvalue weighted by atomic mass is 9.79. The first-order chi connectivity index (χ1) is 20.0. The molecule has 216 valence electrons. The Morgan fingerprint density at radius 3 is 1.61 bits per heavy atom. The summed E-state index contributed by atoms with van der Waals surface area (Å²) in [5.74, 6) is 0. The van der Waals surface area contributed by atoms with E-state index in [1.165, 1.54) is 11.1 Å².